The summed E-state index contributed by atoms with van der Waals surface area (Å²) in [7, 11) is 0. The molecule has 1 aromatic rings. The number of aromatic nitrogens is 1. The molecule has 0 amide bonds. The molecule has 12 heavy (non-hydrogen) atoms. The lowest BCUT2D eigenvalue weighted by molar-refractivity contribution is 0.142. The molecule has 0 atom stereocenters. The van der Waals surface area contributed by atoms with Crippen LogP contribution in [0.5, 0.6) is 0 Å². The SMILES string of the molecule is NCc1noc2c1CCOCC2. The molecule has 0 unspecified atom stereocenters. The van der Waals surface area contributed by atoms with Crippen molar-refractivity contribution in [3.8, 4) is 0 Å². The molecule has 4 heteroatoms. The molecule has 0 radical (unpaired) electrons. The van der Waals surface area contributed by atoms with Crippen LogP contribution in [-0.2, 0) is 24.1 Å². The van der Waals surface area contributed by atoms with Crippen LogP contribution in [0.3, 0.4) is 0 Å². The number of rotatable bonds is 1. The van der Waals surface area contributed by atoms with E-state index >= 15 is 0 Å². The topological polar surface area (TPSA) is 61.3 Å². The van der Waals surface area contributed by atoms with Crippen LogP contribution in [0, 0.1) is 0 Å². The van der Waals surface area contributed by atoms with E-state index in [4.69, 9.17) is 15.0 Å². The molecule has 1 aliphatic heterocycles. The molecule has 2 N–H and O–H groups in total. The average molecular weight is 168 g/mol. The van der Waals surface area contributed by atoms with E-state index in [2.05, 4.69) is 5.16 Å². The monoisotopic (exact) mass is 168 g/mol. The Morgan fingerprint density at radius 3 is 3.00 bits per heavy atom. The van der Waals surface area contributed by atoms with Gasteiger partial charge in [0.15, 0.2) is 0 Å². The van der Waals surface area contributed by atoms with Crippen molar-refractivity contribution in [2.75, 3.05) is 13.2 Å². The van der Waals surface area contributed by atoms with E-state index < -0.39 is 0 Å². The van der Waals surface area contributed by atoms with E-state index in [0.29, 0.717) is 6.54 Å². The molecule has 0 aromatic carbocycles. The minimum absolute atomic E-state index is 0.457. The molecular formula is C8H12N2O2. The van der Waals surface area contributed by atoms with E-state index in [9.17, 15) is 0 Å². The van der Waals surface area contributed by atoms with Crippen molar-refractivity contribution >= 4 is 0 Å². The standard InChI is InChI=1S/C8H12N2O2/c9-5-7-6-1-3-11-4-2-8(6)12-10-7/h1-5,9H2. The Hall–Kier alpha value is -0.870. The second kappa shape index (κ2) is 3.25. The summed E-state index contributed by atoms with van der Waals surface area (Å²) in [6, 6.07) is 0. The summed E-state index contributed by atoms with van der Waals surface area (Å²) >= 11 is 0. The van der Waals surface area contributed by atoms with Gasteiger partial charge >= 0.3 is 0 Å². The van der Waals surface area contributed by atoms with Gasteiger partial charge in [-0.25, -0.2) is 0 Å². The smallest absolute Gasteiger partial charge is 0.142 e. The summed E-state index contributed by atoms with van der Waals surface area (Å²) in [6.07, 6.45) is 1.70. The van der Waals surface area contributed by atoms with E-state index in [0.717, 1.165) is 43.1 Å². The molecule has 4 nitrogen and oxygen atoms in total. The summed E-state index contributed by atoms with van der Waals surface area (Å²) in [6.45, 7) is 1.94. The Morgan fingerprint density at radius 2 is 2.17 bits per heavy atom. The van der Waals surface area contributed by atoms with Gasteiger partial charge in [-0.1, -0.05) is 5.16 Å². The van der Waals surface area contributed by atoms with Crippen LogP contribution in [0.15, 0.2) is 4.52 Å². The molecule has 66 valence electrons. The maximum atomic E-state index is 5.51. The zero-order chi connectivity index (χ0) is 8.39. The Bertz CT molecular complexity index is 270. The zero-order valence-electron chi connectivity index (χ0n) is 6.88. The molecule has 0 fully saturated rings. The summed E-state index contributed by atoms with van der Waals surface area (Å²) in [5.74, 6) is 0.952. The molecule has 0 spiro atoms. The highest BCUT2D eigenvalue weighted by molar-refractivity contribution is 5.24. The predicted octanol–water partition coefficient (Wildman–Crippen LogP) is 0.248. The zero-order valence-corrected chi connectivity index (χ0v) is 6.88. The largest absolute Gasteiger partial charge is 0.381 e. The predicted molar refractivity (Wildman–Crippen MR) is 42.6 cm³/mol. The van der Waals surface area contributed by atoms with Crippen LogP contribution < -0.4 is 5.73 Å². The van der Waals surface area contributed by atoms with Gasteiger partial charge in [0.25, 0.3) is 0 Å². The lowest BCUT2D eigenvalue weighted by atomic mass is 10.1. The maximum absolute atomic E-state index is 5.51. The fourth-order valence-corrected chi connectivity index (χ4v) is 1.46. The van der Waals surface area contributed by atoms with Crippen LogP contribution in [0.1, 0.15) is 17.0 Å². The first-order chi connectivity index (χ1) is 5.92. The maximum Gasteiger partial charge on any atom is 0.142 e. The van der Waals surface area contributed by atoms with Gasteiger partial charge in [-0.05, 0) is 0 Å². The molecule has 2 heterocycles. The summed E-state index contributed by atoms with van der Waals surface area (Å²) in [4.78, 5) is 0. The summed E-state index contributed by atoms with van der Waals surface area (Å²) in [5, 5.41) is 3.90. The van der Waals surface area contributed by atoms with Gasteiger partial charge in [-0.15, -0.1) is 0 Å². The molecule has 2 rings (SSSR count). The van der Waals surface area contributed by atoms with Gasteiger partial charge in [-0.2, -0.15) is 0 Å². The van der Waals surface area contributed by atoms with Gasteiger partial charge < -0.3 is 15.0 Å². The first-order valence-corrected chi connectivity index (χ1v) is 4.16. The quantitative estimate of drug-likeness (QED) is 0.653. The van der Waals surface area contributed by atoms with Crippen molar-refractivity contribution in [3.05, 3.63) is 17.0 Å². The van der Waals surface area contributed by atoms with Crippen LogP contribution in [0.25, 0.3) is 0 Å². The Kier molecular flexibility index (Phi) is 2.10. The number of hydrogen-bond donors (Lipinski definition) is 1. The van der Waals surface area contributed by atoms with Gasteiger partial charge in [0, 0.05) is 24.9 Å². The van der Waals surface area contributed by atoms with Crippen LogP contribution in [0.2, 0.25) is 0 Å². The minimum Gasteiger partial charge on any atom is -0.381 e. The molecule has 0 bridgehead atoms. The minimum atomic E-state index is 0.457. The van der Waals surface area contributed by atoms with Gasteiger partial charge in [0.05, 0.1) is 13.2 Å². The van der Waals surface area contributed by atoms with Gasteiger partial charge in [0.2, 0.25) is 0 Å². The highest BCUT2D eigenvalue weighted by Crippen LogP contribution is 2.17. The number of nitrogens with two attached hydrogens (primary N) is 1. The molecule has 1 aliphatic rings. The van der Waals surface area contributed by atoms with E-state index in [1.54, 1.807) is 0 Å². The Balaban J connectivity index is 2.32. The van der Waals surface area contributed by atoms with Crippen molar-refractivity contribution in [3.63, 3.8) is 0 Å². The average Bonchev–Trinajstić information content (AvgIpc) is 2.33. The second-order valence-corrected chi connectivity index (χ2v) is 2.85. The first kappa shape index (κ1) is 7.76. The summed E-state index contributed by atoms with van der Waals surface area (Å²) < 4.78 is 10.5. The number of hydrogen-bond acceptors (Lipinski definition) is 4. The van der Waals surface area contributed by atoms with E-state index in [-0.39, 0.29) is 0 Å². The van der Waals surface area contributed by atoms with Crippen molar-refractivity contribution in [2.24, 2.45) is 5.73 Å². The fourth-order valence-electron chi connectivity index (χ4n) is 1.46. The van der Waals surface area contributed by atoms with Crippen LogP contribution >= 0.6 is 0 Å². The first-order valence-electron chi connectivity index (χ1n) is 4.16. The second-order valence-electron chi connectivity index (χ2n) is 2.85. The van der Waals surface area contributed by atoms with E-state index in [1.807, 2.05) is 0 Å². The van der Waals surface area contributed by atoms with Crippen molar-refractivity contribution < 1.29 is 9.26 Å². The fraction of sp³-hybridized carbons (Fsp3) is 0.625. The summed E-state index contributed by atoms with van der Waals surface area (Å²) in [5.41, 5.74) is 7.55. The number of ether oxygens (including phenoxy) is 1. The molecule has 1 aromatic heterocycles. The van der Waals surface area contributed by atoms with Crippen molar-refractivity contribution in [2.45, 2.75) is 19.4 Å². The molecular weight excluding hydrogens is 156 g/mol. The third-order valence-electron chi connectivity index (χ3n) is 2.11. The normalized spacial score (nSPS) is 17.1. The van der Waals surface area contributed by atoms with Crippen LogP contribution in [0.4, 0.5) is 0 Å². The van der Waals surface area contributed by atoms with Gasteiger partial charge in [0.1, 0.15) is 11.5 Å². The third-order valence-corrected chi connectivity index (χ3v) is 2.11. The van der Waals surface area contributed by atoms with Crippen molar-refractivity contribution in [1.29, 1.82) is 0 Å². The lowest BCUT2D eigenvalue weighted by Crippen LogP contribution is -2.02. The van der Waals surface area contributed by atoms with E-state index in [1.165, 1.54) is 0 Å². The molecule has 0 aliphatic carbocycles. The highest BCUT2D eigenvalue weighted by Gasteiger charge is 2.16. The Morgan fingerprint density at radius 1 is 1.33 bits per heavy atom. The van der Waals surface area contributed by atoms with Gasteiger partial charge in [-0.3, -0.25) is 0 Å². The Labute approximate surface area is 70.7 Å². The number of nitrogens with zero attached hydrogens (tertiary/aromatic N) is 1. The third kappa shape index (κ3) is 1.23. The lowest BCUT2D eigenvalue weighted by Gasteiger charge is -1.95. The number of fused-ring (bicyclic) bond motifs is 1. The highest BCUT2D eigenvalue weighted by atomic mass is 16.5. The van der Waals surface area contributed by atoms with Crippen LogP contribution in [-0.4, -0.2) is 18.4 Å². The molecule has 0 saturated carbocycles. The molecule has 0 saturated heterocycles. The van der Waals surface area contributed by atoms with Crippen molar-refractivity contribution in [1.82, 2.24) is 5.16 Å².